The van der Waals surface area contributed by atoms with Crippen molar-refractivity contribution in [3.63, 3.8) is 0 Å². The van der Waals surface area contributed by atoms with Crippen LogP contribution in [0.1, 0.15) is 103 Å². The van der Waals surface area contributed by atoms with Crippen LogP contribution in [0.4, 0.5) is 0 Å². The first-order chi connectivity index (χ1) is 9.41. The second-order valence-electron chi connectivity index (χ2n) is 5.90. The van der Waals surface area contributed by atoms with E-state index in [2.05, 4.69) is 12.3 Å². The summed E-state index contributed by atoms with van der Waals surface area (Å²) in [5.41, 5.74) is 2.71. The summed E-state index contributed by atoms with van der Waals surface area (Å²) in [6.07, 6.45) is 21.3. The van der Waals surface area contributed by atoms with Crippen LogP contribution >= 0.6 is 0 Å². The van der Waals surface area contributed by atoms with E-state index in [9.17, 15) is 0 Å². The van der Waals surface area contributed by atoms with E-state index < -0.39 is 0 Å². The van der Waals surface area contributed by atoms with Crippen molar-refractivity contribution < 1.29 is 0 Å². The summed E-state index contributed by atoms with van der Waals surface area (Å²) < 4.78 is 0. The van der Waals surface area contributed by atoms with E-state index >= 15 is 0 Å². The van der Waals surface area contributed by atoms with Gasteiger partial charge in [-0.2, -0.15) is 0 Å². The molecule has 0 unspecified atom stereocenters. The standard InChI is InChI=1S/C17H38N2/c1-2-3-4-5-6-7-8-9-10-11-12-13-14-15-16-17-19-18/h19H,2-18H2,1H3. The molecule has 0 atom stereocenters. The topological polar surface area (TPSA) is 38.0 Å². The van der Waals surface area contributed by atoms with Crippen LogP contribution in [0, 0.1) is 0 Å². The minimum Gasteiger partial charge on any atom is -0.271 e. The van der Waals surface area contributed by atoms with Crippen molar-refractivity contribution in [2.75, 3.05) is 6.54 Å². The molecule has 19 heavy (non-hydrogen) atoms. The minimum absolute atomic E-state index is 0.970. The maximum absolute atomic E-state index is 5.23. The molecule has 0 aromatic carbocycles. The van der Waals surface area contributed by atoms with Crippen LogP contribution in [0.3, 0.4) is 0 Å². The fourth-order valence-electron chi connectivity index (χ4n) is 2.60. The Balaban J connectivity index is 2.88. The van der Waals surface area contributed by atoms with Crippen LogP contribution in [0.15, 0.2) is 0 Å². The number of nitrogens with one attached hydrogen (secondary N) is 1. The Bertz CT molecular complexity index is 132. The highest BCUT2D eigenvalue weighted by Crippen LogP contribution is 2.13. The van der Waals surface area contributed by atoms with Crippen LogP contribution in [-0.2, 0) is 0 Å². The fourth-order valence-corrected chi connectivity index (χ4v) is 2.60. The molecule has 0 rings (SSSR count). The smallest absolute Gasteiger partial charge is 0.00974 e. The van der Waals surface area contributed by atoms with E-state index in [0.717, 1.165) is 6.54 Å². The minimum atomic E-state index is 0.970. The number of hydrazine groups is 1. The van der Waals surface area contributed by atoms with E-state index in [1.807, 2.05) is 0 Å². The van der Waals surface area contributed by atoms with Crippen molar-refractivity contribution in [3.05, 3.63) is 0 Å². The molecule has 0 heterocycles. The first kappa shape index (κ1) is 18.9. The van der Waals surface area contributed by atoms with Gasteiger partial charge in [0.25, 0.3) is 0 Å². The Hall–Kier alpha value is -0.0800. The van der Waals surface area contributed by atoms with Crippen molar-refractivity contribution in [1.29, 1.82) is 0 Å². The SMILES string of the molecule is CCCCCCCCCCCCCCCCCNN. The highest BCUT2D eigenvalue weighted by molar-refractivity contribution is 4.49. The zero-order valence-corrected chi connectivity index (χ0v) is 13.4. The zero-order chi connectivity index (χ0) is 14.0. The van der Waals surface area contributed by atoms with Gasteiger partial charge in [-0.25, -0.2) is 0 Å². The molecule has 0 aliphatic heterocycles. The monoisotopic (exact) mass is 270 g/mol. The molecule has 3 N–H and O–H groups in total. The van der Waals surface area contributed by atoms with Crippen LogP contribution < -0.4 is 11.3 Å². The lowest BCUT2D eigenvalue weighted by Gasteiger charge is -2.03. The number of rotatable bonds is 16. The maximum Gasteiger partial charge on any atom is 0.00974 e. The summed E-state index contributed by atoms with van der Waals surface area (Å²) in [5, 5.41) is 0. The zero-order valence-electron chi connectivity index (χ0n) is 13.4. The van der Waals surface area contributed by atoms with Crippen LogP contribution in [-0.4, -0.2) is 6.54 Å². The van der Waals surface area contributed by atoms with Crippen molar-refractivity contribution in [2.24, 2.45) is 5.84 Å². The van der Waals surface area contributed by atoms with Gasteiger partial charge < -0.3 is 0 Å². The van der Waals surface area contributed by atoms with Gasteiger partial charge in [-0.15, -0.1) is 0 Å². The average molecular weight is 271 g/mol. The molecular weight excluding hydrogens is 232 g/mol. The number of hydrogen-bond acceptors (Lipinski definition) is 2. The highest BCUT2D eigenvalue weighted by atomic mass is 15.2. The molecule has 0 saturated carbocycles. The maximum atomic E-state index is 5.23. The number of hydrogen-bond donors (Lipinski definition) is 2. The Morgan fingerprint density at radius 1 is 0.526 bits per heavy atom. The lowest BCUT2D eigenvalue weighted by atomic mass is 10.0. The third-order valence-corrected chi connectivity index (χ3v) is 3.92. The van der Waals surface area contributed by atoms with Crippen molar-refractivity contribution >= 4 is 0 Å². The average Bonchev–Trinajstić information content (AvgIpc) is 2.43. The molecule has 0 radical (unpaired) electrons. The molecule has 116 valence electrons. The molecule has 2 heteroatoms. The second-order valence-corrected chi connectivity index (χ2v) is 5.90. The Morgan fingerprint density at radius 3 is 1.16 bits per heavy atom. The molecule has 0 aromatic rings. The van der Waals surface area contributed by atoms with Crippen molar-refractivity contribution in [2.45, 2.75) is 103 Å². The van der Waals surface area contributed by atoms with Gasteiger partial charge in [0.15, 0.2) is 0 Å². The van der Waals surface area contributed by atoms with Gasteiger partial charge in [0, 0.05) is 6.54 Å². The van der Waals surface area contributed by atoms with E-state index in [0.29, 0.717) is 0 Å². The first-order valence-electron chi connectivity index (χ1n) is 8.85. The van der Waals surface area contributed by atoms with Gasteiger partial charge in [0.05, 0.1) is 0 Å². The summed E-state index contributed by atoms with van der Waals surface area (Å²) in [6, 6.07) is 0. The van der Waals surface area contributed by atoms with Crippen molar-refractivity contribution in [3.8, 4) is 0 Å². The quantitative estimate of drug-likeness (QED) is 0.226. The van der Waals surface area contributed by atoms with E-state index in [1.165, 1.54) is 96.3 Å². The molecule has 0 bridgehead atoms. The van der Waals surface area contributed by atoms with Crippen LogP contribution in [0.2, 0.25) is 0 Å². The number of unbranched alkanes of at least 4 members (excludes halogenated alkanes) is 14. The van der Waals surface area contributed by atoms with Gasteiger partial charge in [-0.05, 0) is 6.42 Å². The predicted molar refractivity (Wildman–Crippen MR) is 87.1 cm³/mol. The van der Waals surface area contributed by atoms with Gasteiger partial charge in [-0.3, -0.25) is 11.3 Å². The Labute approximate surface area is 121 Å². The van der Waals surface area contributed by atoms with E-state index in [4.69, 9.17) is 5.84 Å². The van der Waals surface area contributed by atoms with Gasteiger partial charge in [-0.1, -0.05) is 96.8 Å². The molecular formula is C17H38N2. The molecule has 0 amide bonds. The summed E-state index contributed by atoms with van der Waals surface area (Å²) in [4.78, 5) is 0. The van der Waals surface area contributed by atoms with Gasteiger partial charge in [0.1, 0.15) is 0 Å². The van der Waals surface area contributed by atoms with Gasteiger partial charge in [0.2, 0.25) is 0 Å². The highest BCUT2D eigenvalue weighted by Gasteiger charge is 1.93. The van der Waals surface area contributed by atoms with Gasteiger partial charge >= 0.3 is 0 Å². The lowest BCUT2D eigenvalue weighted by molar-refractivity contribution is 0.528. The molecule has 2 nitrogen and oxygen atoms in total. The normalized spacial score (nSPS) is 11.1. The van der Waals surface area contributed by atoms with Crippen molar-refractivity contribution in [1.82, 2.24) is 5.43 Å². The Kier molecular flexibility index (Phi) is 17.8. The summed E-state index contributed by atoms with van der Waals surface area (Å²) in [5.74, 6) is 5.23. The molecule has 0 fully saturated rings. The Morgan fingerprint density at radius 2 is 0.842 bits per heavy atom. The summed E-state index contributed by atoms with van der Waals surface area (Å²) >= 11 is 0. The predicted octanol–water partition coefficient (Wildman–Crippen LogP) is 5.32. The third-order valence-electron chi connectivity index (χ3n) is 3.92. The summed E-state index contributed by atoms with van der Waals surface area (Å²) in [7, 11) is 0. The van der Waals surface area contributed by atoms with Crippen LogP contribution in [0.5, 0.6) is 0 Å². The molecule has 0 aliphatic carbocycles. The molecule has 0 aliphatic rings. The largest absolute Gasteiger partial charge is 0.271 e. The van der Waals surface area contributed by atoms with E-state index in [1.54, 1.807) is 0 Å². The second kappa shape index (κ2) is 17.9. The summed E-state index contributed by atoms with van der Waals surface area (Å²) in [6.45, 7) is 3.26. The first-order valence-corrected chi connectivity index (χ1v) is 8.85. The molecule has 0 saturated heterocycles. The van der Waals surface area contributed by atoms with E-state index in [-0.39, 0.29) is 0 Å². The van der Waals surface area contributed by atoms with Crippen LogP contribution in [0.25, 0.3) is 0 Å². The lowest BCUT2D eigenvalue weighted by Crippen LogP contribution is -2.22. The molecule has 0 spiro atoms. The molecule has 0 aromatic heterocycles. The number of nitrogens with two attached hydrogens (primary N) is 1. The third kappa shape index (κ3) is 17.9. The fraction of sp³-hybridized carbons (Fsp3) is 1.00.